The molecular weight excluding hydrogens is 305 g/mol. The van der Waals surface area contributed by atoms with Gasteiger partial charge in [0.1, 0.15) is 0 Å². The second-order valence-corrected chi connectivity index (χ2v) is 6.14. The fraction of sp³-hybridized carbons (Fsp3) is 0.100. The number of benzene rings is 1. The fourth-order valence-corrected chi connectivity index (χ4v) is 2.15. The van der Waals surface area contributed by atoms with E-state index in [1.165, 1.54) is 24.3 Å². The van der Waals surface area contributed by atoms with Gasteiger partial charge in [-0.25, -0.2) is 13.1 Å². The molecule has 2 aromatic rings. The van der Waals surface area contributed by atoms with E-state index in [1.807, 2.05) is 0 Å². The zero-order valence-electron chi connectivity index (χ0n) is 9.10. The molecule has 9 heteroatoms. The topological polar surface area (TPSA) is 52.0 Å². The number of aromatic nitrogens is 2. The van der Waals surface area contributed by atoms with Gasteiger partial charge in [0, 0.05) is 16.9 Å². The highest BCUT2D eigenvalue weighted by Crippen LogP contribution is 2.28. The van der Waals surface area contributed by atoms with Crippen molar-refractivity contribution in [2.75, 3.05) is 0 Å². The zero-order chi connectivity index (χ0) is 14.3. The van der Waals surface area contributed by atoms with Crippen LogP contribution in [0, 0.1) is 0 Å². The molecule has 0 aliphatic heterocycles. The Kier molecular flexibility index (Phi) is 3.31. The maximum atomic E-state index is 12.4. The molecule has 0 bridgehead atoms. The van der Waals surface area contributed by atoms with Gasteiger partial charge in [-0.2, -0.15) is 18.3 Å². The Morgan fingerprint density at radius 1 is 1.11 bits per heavy atom. The number of hydrogen-bond donors (Lipinski definition) is 0. The van der Waals surface area contributed by atoms with Crippen LogP contribution in [0.2, 0.25) is 0 Å². The maximum Gasteiger partial charge on any atom is 0.435 e. The van der Waals surface area contributed by atoms with Gasteiger partial charge in [0.15, 0.2) is 5.69 Å². The van der Waals surface area contributed by atoms with Crippen molar-refractivity contribution in [3.05, 3.63) is 42.2 Å². The molecule has 1 heterocycles. The highest BCUT2D eigenvalue weighted by atomic mass is 35.7. The first kappa shape index (κ1) is 13.9. The Hall–Kier alpha value is -1.54. The molecule has 0 spiro atoms. The summed E-state index contributed by atoms with van der Waals surface area (Å²) in [5.74, 6) is 0. The monoisotopic (exact) mass is 310 g/mol. The van der Waals surface area contributed by atoms with E-state index < -0.39 is 20.9 Å². The average molecular weight is 311 g/mol. The van der Waals surface area contributed by atoms with E-state index in [0.29, 0.717) is 5.69 Å². The van der Waals surface area contributed by atoms with Gasteiger partial charge in [0.05, 0.1) is 10.6 Å². The summed E-state index contributed by atoms with van der Waals surface area (Å²) in [5, 5.41) is 3.35. The van der Waals surface area contributed by atoms with Gasteiger partial charge in [0.25, 0.3) is 9.05 Å². The molecule has 0 amide bonds. The van der Waals surface area contributed by atoms with E-state index in [9.17, 15) is 21.6 Å². The molecule has 19 heavy (non-hydrogen) atoms. The fourth-order valence-electron chi connectivity index (χ4n) is 1.38. The molecule has 1 aromatic heterocycles. The Morgan fingerprint density at radius 3 is 2.11 bits per heavy atom. The highest BCUT2D eigenvalue weighted by molar-refractivity contribution is 8.13. The SMILES string of the molecule is O=S(=O)(Cl)c1ccc(-n2ccc(C(F)(F)F)n2)cc1. The summed E-state index contributed by atoms with van der Waals surface area (Å²) < 4.78 is 60.1. The smallest absolute Gasteiger partial charge is 0.240 e. The van der Waals surface area contributed by atoms with Crippen LogP contribution in [0.4, 0.5) is 13.2 Å². The van der Waals surface area contributed by atoms with E-state index in [2.05, 4.69) is 5.10 Å². The molecule has 4 nitrogen and oxygen atoms in total. The lowest BCUT2D eigenvalue weighted by molar-refractivity contribution is -0.141. The minimum absolute atomic E-state index is 0.138. The third kappa shape index (κ3) is 3.07. The lowest BCUT2D eigenvalue weighted by Gasteiger charge is -2.03. The van der Waals surface area contributed by atoms with Crippen molar-refractivity contribution in [2.24, 2.45) is 0 Å². The van der Waals surface area contributed by atoms with Crippen molar-refractivity contribution in [1.29, 1.82) is 0 Å². The largest absolute Gasteiger partial charge is 0.435 e. The second-order valence-electron chi connectivity index (χ2n) is 3.58. The molecule has 0 radical (unpaired) electrons. The van der Waals surface area contributed by atoms with Crippen molar-refractivity contribution in [1.82, 2.24) is 9.78 Å². The standard InChI is InChI=1S/C10H6ClF3N2O2S/c11-19(17,18)8-3-1-7(2-4-8)16-6-5-9(15-16)10(12,13)14/h1-6H. The Bertz CT molecular complexity index is 692. The predicted molar refractivity (Wildman–Crippen MR) is 61.6 cm³/mol. The van der Waals surface area contributed by atoms with Crippen LogP contribution >= 0.6 is 10.7 Å². The van der Waals surface area contributed by atoms with Crippen molar-refractivity contribution < 1.29 is 21.6 Å². The lowest BCUT2D eigenvalue weighted by atomic mass is 10.3. The number of hydrogen-bond acceptors (Lipinski definition) is 3. The number of halogens is 4. The first-order valence-corrected chi connectivity index (χ1v) is 7.17. The third-order valence-electron chi connectivity index (χ3n) is 2.26. The molecule has 102 valence electrons. The molecule has 1 aromatic carbocycles. The first-order valence-electron chi connectivity index (χ1n) is 4.86. The molecule has 0 fully saturated rings. The van der Waals surface area contributed by atoms with E-state index >= 15 is 0 Å². The van der Waals surface area contributed by atoms with Gasteiger partial charge in [-0.05, 0) is 30.3 Å². The molecule has 0 saturated heterocycles. The quantitative estimate of drug-likeness (QED) is 0.802. The maximum absolute atomic E-state index is 12.4. The van der Waals surface area contributed by atoms with E-state index in [0.717, 1.165) is 16.9 Å². The first-order chi connectivity index (χ1) is 8.68. The predicted octanol–water partition coefficient (Wildman–Crippen LogP) is 2.82. The van der Waals surface area contributed by atoms with Gasteiger partial charge in [0.2, 0.25) is 0 Å². The summed E-state index contributed by atoms with van der Waals surface area (Å²) in [4.78, 5) is -0.138. The lowest BCUT2D eigenvalue weighted by Crippen LogP contribution is -2.07. The Balaban J connectivity index is 2.36. The van der Waals surface area contributed by atoms with Crippen molar-refractivity contribution in [3.63, 3.8) is 0 Å². The minimum Gasteiger partial charge on any atom is -0.240 e. The number of rotatable bonds is 2. The van der Waals surface area contributed by atoms with E-state index in [4.69, 9.17) is 10.7 Å². The Morgan fingerprint density at radius 2 is 1.68 bits per heavy atom. The molecule has 0 aliphatic carbocycles. The normalized spacial score (nSPS) is 12.6. The average Bonchev–Trinajstić information content (AvgIpc) is 2.77. The summed E-state index contributed by atoms with van der Waals surface area (Å²) in [6.45, 7) is 0. The summed E-state index contributed by atoms with van der Waals surface area (Å²) in [6, 6.07) is 5.82. The summed E-state index contributed by atoms with van der Waals surface area (Å²) >= 11 is 0. The number of alkyl halides is 3. The van der Waals surface area contributed by atoms with Crippen LogP contribution in [0.15, 0.2) is 41.4 Å². The van der Waals surface area contributed by atoms with Crippen LogP contribution in [-0.2, 0) is 15.2 Å². The van der Waals surface area contributed by atoms with Crippen molar-refractivity contribution >= 4 is 19.7 Å². The van der Waals surface area contributed by atoms with Gasteiger partial charge in [-0.3, -0.25) is 0 Å². The molecular formula is C10H6ClF3N2O2S. The summed E-state index contributed by atoms with van der Waals surface area (Å²) in [6.07, 6.45) is -3.39. The molecule has 0 saturated carbocycles. The number of nitrogens with zero attached hydrogens (tertiary/aromatic N) is 2. The van der Waals surface area contributed by atoms with Gasteiger partial charge < -0.3 is 0 Å². The van der Waals surface area contributed by atoms with Crippen LogP contribution in [0.5, 0.6) is 0 Å². The van der Waals surface area contributed by atoms with Gasteiger partial charge >= 0.3 is 6.18 Å². The van der Waals surface area contributed by atoms with Crippen LogP contribution in [0.25, 0.3) is 5.69 Å². The molecule has 0 unspecified atom stereocenters. The summed E-state index contributed by atoms with van der Waals surface area (Å²) in [7, 11) is 1.26. The molecule has 2 rings (SSSR count). The van der Waals surface area contributed by atoms with E-state index in [-0.39, 0.29) is 4.90 Å². The third-order valence-corrected chi connectivity index (χ3v) is 3.63. The van der Waals surface area contributed by atoms with Crippen molar-refractivity contribution in [2.45, 2.75) is 11.1 Å². The minimum atomic E-state index is -4.52. The zero-order valence-corrected chi connectivity index (χ0v) is 10.7. The van der Waals surface area contributed by atoms with Crippen LogP contribution in [-0.4, -0.2) is 18.2 Å². The van der Waals surface area contributed by atoms with Crippen LogP contribution < -0.4 is 0 Å². The van der Waals surface area contributed by atoms with E-state index in [1.54, 1.807) is 0 Å². The molecule has 0 atom stereocenters. The molecule has 0 N–H and O–H groups in total. The van der Waals surface area contributed by atoms with Crippen molar-refractivity contribution in [3.8, 4) is 5.69 Å². The summed E-state index contributed by atoms with van der Waals surface area (Å²) in [5.41, 5.74) is -0.735. The van der Waals surface area contributed by atoms with Gasteiger partial charge in [-0.15, -0.1) is 0 Å². The van der Waals surface area contributed by atoms with Crippen LogP contribution in [0.1, 0.15) is 5.69 Å². The van der Waals surface area contributed by atoms with Crippen LogP contribution in [0.3, 0.4) is 0 Å². The molecule has 0 aliphatic rings. The van der Waals surface area contributed by atoms with Gasteiger partial charge in [-0.1, -0.05) is 0 Å². The Labute approximate surface area is 110 Å². The second kappa shape index (κ2) is 4.53. The highest BCUT2D eigenvalue weighted by Gasteiger charge is 2.33.